The molecule has 0 spiro atoms. The van der Waals surface area contributed by atoms with Crippen molar-refractivity contribution in [3.05, 3.63) is 29.8 Å². The van der Waals surface area contributed by atoms with Crippen molar-refractivity contribution in [3.63, 3.8) is 0 Å². The molecule has 0 aliphatic heterocycles. The molecule has 0 saturated carbocycles. The van der Waals surface area contributed by atoms with Crippen LogP contribution in [0.2, 0.25) is 0 Å². The number of carbonyl (C=O) groups is 1. The van der Waals surface area contributed by atoms with E-state index < -0.39 is 9.84 Å². The number of nitrogens with one attached hydrogen (secondary N) is 1. The van der Waals surface area contributed by atoms with Crippen molar-refractivity contribution < 1.29 is 13.2 Å². The van der Waals surface area contributed by atoms with Gasteiger partial charge in [0.2, 0.25) is 5.91 Å². The second kappa shape index (κ2) is 5.31. The minimum atomic E-state index is -3.15. The van der Waals surface area contributed by atoms with E-state index in [-0.39, 0.29) is 16.7 Å². The van der Waals surface area contributed by atoms with Gasteiger partial charge in [0.05, 0.1) is 4.90 Å². The van der Waals surface area contributed by atoms with Crippen LogP contribution in [-0.4, -0.2) is 20.6 Å². The van der Waals surface area contributed by atoms with Gasteiger partial charge in [0.15, 0.2) is 9.84 Å². The maximum atomic E-state index is 11.3. The third-order valence-electron chi connectivity index (χ3n) is 2.34. The molecule has 0 unspecified atom stereocenters. The first-order chi connectivity index (χ1) is 7.80. The molecule has 17 heavy (non-hydrogen) atoms. The van der Waals surface area contributed by atoms with E-state index >= 15 is 0 Å². The molecule has 0 aliphatic rings. The minimum Gasteiger partial charge on any atom is -0.352 e. The Morgan fingerprint density at radius 3 is 2.18 bits per heavy atom. The fraction of sp³-hybridized carbons (Fsp3) is 0.417. The highest BCUT2D eigenvalue weighted by Gasteiger charge is 2.08. The van der Waals surface area contributed by atoms with Gasteiger partial charge in [-0.15, -0.1) is 0 Å². The van der Waals surface area contributed by atoms with Crippen LogP contribution in [0, 0.1) is 5.92 Å². The van der Waals surface area contributed by atoms with Crippen molar-refractivity contribution in [2.24, 2.45) is 5.92 Å². The quantitative estimate of drug-likeness (QED) is 0.883. The van der Waals surface area contributed by atoms with Crippen LogP contribution in [0.1, 0.15) is 19.4 Å². The first kappa shape index (κ1) is 13.7. The maximum absolute atomic E-state index is 11.3. The lowest BCUT2D eigenvalue weighted by Crippen LogP contribution is -2.27. The summed E-state index contributed by atoms with van der Waals surface area (Å²) < 4.78 is 22.5. The Morgan fingerprint density at radius 2 is 1.76 bits per heavy atom. The molecule has 5 heteroatoms. The first-order valence-corrected chi connectivity index (χ1v) is 7.26. The Kier molecular flexibility index (Phi) is 4.28. The van der Waals surface area contributed by atoms with Crippen LogP contribution in [0.4, 0.5) is 0 Å². The van der Waals surface area contributed by atoms with E-state index in [9.17, 15) is 13.2 Å². The Bertz CT molecular complexity index is 489. The van der Waals surface area contributed by atoms with Crippen molar-refractivity contribution in [2.75, 3.05) is 6.26 Å². The predicted molar refractivity (Wildman–Crippen MR) is 66.2 cm³/mol. The number of benzene rings is 1. The van der Waals surface area contributed by atoms with Crippen molar-refractivity contribution in [1.82, 2.24) is 5.32 Å². The minimum absolute atomic E-state index is 0.0165. The molecule has 1 aromatic rings. The number of rotatable bonds is 4. The van der Waals surface area contributed by atoms with Gasteiger partial charge in [0.25, 0.3) is 0 Å². The van der Waals surface area contributed by atoms with Crippen LogP contribution in [-0.2, 0) is 21.2 Å². The average molecular weight is 255 g/mol. The number of hydrogen-bond donors (Lipinski definition) is 1. The zero-order chi connectivity index (χ0) is 13.1. The van der Waals surface area contributed by atoms with Gasteiger partial charge in [-0.05, 0) is 17.7 Å². The molecule has 0 bridgehead atoms. The third kappa shape index (κ3) is 4.19. The Morgan fingerprint density at radius 1 is 1.24 bits per heavy atom. The standard InChI is InChI=1S/C12H17NO3S/c1-9(2)12(14)13-8-10-4-6-11(7-5-10)17(3,15)16/h4-7,9H,8H2,1-3H3,(H,13,14). The molecule has 1 rings (SSSR count). The summed E-state index contributed by atoms with van der Waals surface area (Å²) in [5.41, 5.74) is 0.881. The van der Waals surface area contributed by atoms with Crippen molar-refractivity contribution >= 4 is 15.7 Å². The molecule has 4 nitrogen and oxygen atoms in total. The second-order valence-electron chi connectivity index (χ2n) is 4.29. The van der Waals surface area contributed by atoms with Gasteiger partial charge >= 0.3 is 0 Å². The molecule has 1 aromatic carbocycles. The lowest BCUT2D eigenvalue weighted by molar-refractivity contribution is -0.124. The SMILES string of the molecule is CC(C)C(=O)NCc1ccc(S(C)(=O)=O)cc1. The van der Waals surface area contributed by atoms with E-state index in [2.05, 4.69) is 5.32 Å². The number of hydrogen-bond acceptors (Lipinski definition) is 3. The van der Waals surface area contributed by atoms with E-state index in [1.54, 1.807) is 24.3 Å². The van der Waals surface area contributed by atoms with Gasteiger partial charge in [-0.2, -0.15) is 0 Å². The normalized spacial score (nSPS) is 11.5. The molecule has 1 amide bonds. The molecule has 0 atom stereocenters. The average Bonchev–Trinajstić information content (AvgIpc) is 2.25. The molecule has 94 valence electrons. The summed E-state index contributed by atoms with van der Waals surface area (Å²) >= 11 is 0. The van der Waals surface area contributed by atoms with E-state index in [1.807, 2.05) is 13.8 Å². The van der Waals surface area contributed by atoms with Gasteiger partial charge in [-0.25, -0.2) is 8.42 Å². The highest BCUT2D eigenvalue weighted by atomic mass is 32.2. The van der Waals surface area contributed by atoms with Crippen LogP contribution in [0.3, 0.4) is 0 Å². The zero-order valence-corrected chi connectivity index (χ0v) is 11.0. The largest absolute Gasteiger partial charge is 0.352 e. The van der Waals surface area contributed by atoms with Gasteiger partial charge < -0.3 is 5.32 Å². The van der Waals surface area contributed by atoms with Crippen LogP contribution in [0.5, 0.6) is 0 Å². The fourth-order valence-corrected chi connectivity index (χ4v) is 1.88. The Labute approximate surface area is 102 Å². The number of amides is 1. The maximum Gasteiger partial charge on any atom is 0.222 e. The summed E-state index contributed by atoms with van der Waals surface area (Å²) in [5.74, 6) is -0.0671. The second-order valence-corrected chi connectivity index (χ2v) is 6.30. The van der Waals surface area contributed by atoms with E-state index in [0.717, 1.165) is 5.56 Å². The lowest BCUT2D eigenvalue weighted by Gasteiger charge is -2.08. The fourth-order valence-electron chi connectivity index (χ4n) is 1.25. The molecule has 1 N–H and O–H groups in total. The zero-order valence-electron chi connectivity index (χ0n) is 10.2. The molecule has 0 heterocycles. The monoisotopic (exact) mass is 255 g/mol. The van der Waals surface area contributed by atoms with Crippen LogP contribution < -0.4 is 5.32 Å². The lowest BCUT2D eigenvalue weighted by atomic mass is 10.2. The van der Waals surface area contributed by atoms with Crippen LogP contribution in [0.15, 0.2) is 29.2 Å². The summed E-state index contributed by atoms with van der Waals surface area (Å²) in [4.78, 5) is 11.6. The van der Waals surface area contributed by atoms with Crippen LogP contribution in [0.25, 0.3) is 0 Å². The van der Waals surface area contributed by atoms with Gasteiger partial charge in [0.1, 0.15) is 0 Å². The topological polar surface area (TPSA) is 63.2 Å². The van der Waals surface area contributed by atoms with E-state index in [4.69, 9.17) is 0 Å². The van der Waals surface area contributed by atoms with Gasteiger partial charge in [0, 0.05) is 18.7 Å². The third-order valence-corrected chi connectivity index (χ3v) is 3.47. The number of carbonyl (C=O) groups excluding carboxylic acids is 1. The van der Waals surface area contributed by atoms with Crippen molar-refractivity contribution in [1.29, 1.82) is 0 Å². The highest BCUT2D eigenvalue weighted by molar-refractivity contribution is 7.90. The summed E-state index contributed by atoms with van der Waals surface area (Å²) in [6.07, 6.45) is 1.17. The predicted octanol–water partition coefficient (Wildman–Crippen LogP) is 1.36. The molecule has 0 aromatic heterocycles. The number of sulfone groups is 1. The Balaban J connectivity index is 2.67. The molecule has 0 saturated heterocycles. The van der Waals surface area contributed by atoms with Crippen molar-refractivity contribution in [3.8, 4) is 0 Å². The summed E-state index contributed by atoms with van der Waals surface area (Å²) in [5, 5.41) is 2.77. The highest BCUT2D eigenvalue weighted by Crippen LogP contribution is 2.10. The summed E-state index contributed by atoms with van der Waals surface area (Å²) in [7, 11) is -3.15. The summed E-state index contributed by atoms with van der Waals surface area (Å²) in [6.45, 7) is 4.06. The summed E-state index contributed by atoms with van der Waals surface area (Å²) in [6, 6.07) is 6.51. The van der Waals surface area contributed by atoms with Crippen LogP contribution >= 0.6 is 0 Å². The van der Waals surface area contributed by atoms with Gasteiger partial charge in [-0.1, -0.05) is 26.0 Å². The molecule has 0 radical (unpaired) electrons. The molecular weight excluding hydrogens is 238 g/mol. The van der Waals surface area contributed by atoms with Gasteiger partial charge in [-0.3, -0.25) is 4.79 Å². The van der Waals surface area contributed by atoms with E-state index in [1.165, 1.54) is 6.26 Å². The van der Waals surface area contributed by atoms with E-state index in [0.29, 0.717) is 6.54 Å². The Hall–Kier alpha value is -1.36. The molecule has 0 fully saturated rings. The smallest absolute Gasteiger partial charge is 0.222 e. The molecule has 0 aliphatic carbocycles. The van der Waals surface area contributed by atoms with Crippen molar-refractivity contribution in [2.45, 2.75) is 25.3 Å². The molecular formula is C12H17NO3S. The first-order valence-electron chi connectivity index (χ1n) is 5.37.